The van der Waals surface area contributed by atoms with Gasteiger partial charge in [-0.3, -0.25) is 4.99 Å². The minimum absolute atomic E-state index is 0. The monoisotopic (exact) mass is 501 g/mol. The first kappa shape index (κ1) is 24.6. The molecule has 26 heavy (non-hydrogen) atoms. The van der Waals surface area contributed by atoms with Gasteiger partial charge in [-0.15, -0.1) is 24.0 Å². The summed E-state index contributed by atoms with van der Waals surface area (Å²) in [5.74, 6) is 2.37. The van der Waals surface area contributed by atoms with Crippen LogP contribution in [-0.4, -0.2) is 60.8 Å². The van der Waals surface area contributed by atoms with Gasteiger partial charge in [-0.2, -0.15) is 0 Å². The van der Waals surface area contributed by atoms with Gasteiger partial charge in [-0.25, -0.2) is 8.42 Å². The van der Waals surface area contributed by atoms with Gasteiger partial charge in [0.2, 0.25) is 5.75 Å². The molecule has 150 valence electrons. The highest BCUT2D eigenvalue weighted by Crippen LogP contribution is 2.38. The van der Waals surface area contributed by atoms with Crippen molar-refractivity contribution in [2.24, 2.45) is 4.99 Å². The van der Waals surface area contributed by atoms with Crippen molar-refractivity contribution in [1.29, 1.82) is 0 Å². The molecule has 0 saturated heterocycles. The van der Waals surface area contributed by atoms with Crippen molar-refractivity contribution in [1.82, 2.24) is 10.6 Å². The van der Waals surface area contributed by atoms with Crippen molar-refractivity contribution in [3.63, 3.8) is 0 Å². The van der Waals surface area contributed by atoms with E-state index in [-0.39, 0.29) is 35.5 Å². The summed E-state index contributed by atoms with van der Waals surface area (Å²) in [7, 11) is 3.28. The molecule has 0 amide bonds. The van der Waals surface area contributed by atoms with Crippen molar-refractivity contribution >= 4 is 39.8 Å². The van der Waals surface area contributed by atoms with Crippen molar-refractivity contribution < 1.29 is 22.6 Å². The summed E-state index contributed by atoms with van der Waals surface area (Å²) < 4.78 is 39.0. The van der Waals surface area contributed by atoms with E-state index in [4.69, 9.17) is 14.2 Å². The Kier molecular flexibility index (Phi) is 11.4. The molecule has 0 bridgehead atoms. The summed E-state index contributed by atoms with van der Waals surface area (Å²) in [6, 6.07) is 3.67. The number of hydrogen-bond donors (Lipinski definition) is 2. The van der Waals surface area contributed by atoms with Gasteiger partial charge in [0.1, 0.15) is 0 Å². The lowest BCUT2D eigenvalue weighted by atomic mass is 10.2. The van der Waals surface area contributed by atoms with Gasteiger partial charge in [0.05, 0.1) is 27.1 Å². The first-order valence-corrected chi connectivity index (χ1v) is 9.66. The number of nitrogens with one attached hydrogen (secondary N) is 2. The predicted molar refractivity (Wildman–Crippen MR) is 114 cm³/mol. The van der Waals surface area contributed by atoms with Crippen LogP contribution in [0, 0.1) is 0 Å². The summed E-state index contributed by atoms with van der Waals surface area (Å²) in [5, 5.41) is 6.10. The molecule has 0 aromatic heterocycles. The molecule has 0 fully saturated rings. The van der Waals surface area contributed by atoms with Gasteiger partial charge in [0.15, 0.2) is 27.3 Å². The molecule has 2 N–H and O–H groups in total. The van der Waals surface area contributed by atoms with Crippen LogP contribution >= 0.6 is 24.0 Å². The second-order valence-corrected chi connectivity index (χ2v) is 7.60. The number of ether oxygens (including phenoxy) is 3. The average molecular weight is 501 g/mol. The third kappa shape index (κ3) is 7.44. The van der Waals surface area contributed by atoms with Crippen LogP contribution in [0.3, 0.4) is 0 Å². The lowest BCUT2D eigenvalue weighted by Gasteiger charge is -2.16. The number of methoxy groups -OCH3 is 3. The second-order valence-electron chi connectivity index (χ2n) is 5.12. The molecule has 1 rings (SSSR count). The van der Waals surface area contributed by atoms with Crippen LogP contribution in [0.25, 0.3) is 0 Å². The van der Waals surface area contributed by atoms with Crippen LogP contribution in [0.2, 0.25) is 0 Å². The molecular weight excluding hydrogens is 473 g/mol. The van der Waals surface area contributed by atoms with Crippen LogP contribution < -0.4 is 24.8 Å². The molecule has 0 aliphatic carbocycles. The fourth-order valence-electron chi connectivity index (χ4n) is 2.11. The number of guanidine groups is 1. The number of sulfone groups is 1. The Morgan fingerprint density at radius 2 is 1.65 bits per heavy atom. The third-order valence-corrected chi connectivity index (χ3v) is 5.26. The summed E-state index contributed by atoms with van der Waals surface area (Å²) in [6.07, 6.45) is 0. The summed E-state index contributed by atoms with van der Waals surface area (Å²) in [6.45, 7) is 2.38. The maximum atomic E-state index is 11.5. The van der Waals surface area contributed by atoms with Crippen LogP contribution in [0.1, 0.15) is 12.5 Å². The topological polar surface area (TPSA) is 98.3 Å². The summed E-state index contributed by atoms with van der Waals surface area (Å²) in [5.41, 5.74) is 0.902. The van der Waals surface area contributed by atoms with Gasteiger partial charge in [0, 0.05) is 25.9 Å². The van der Waals surface area contributed by atoms with Gasteiger partial charge >= 0.3 is 0 Å². The normalized spacial score (nSPS) is 11.3. The SMILES string of the molecule is CCS(=O)(=O)CCNC(=NC)NCc1cc(OC)c(OC)c(OC)c1.I. The number of rotatable bonds is 9. The maximum absolute atomic E-state index is 11.5. The molecule has 0 aliphatic heterocycles. The summed E-state index contributed by atoms with van der Waals surface area (Å²) >= 11 is 0. The van der Waals surface area contributed by atoms with E-state index in [0.717, 1.165) is 5.56 Å². The number of benzene rings is 1. The molecule has 0 spiro atoms. The molecule has 1 aromatic rings. The number of halogens is 1. The zero-order chi connectivity index (χ0) is 18.9. The highest BCUT2D eigenvalue weighted by atomic mass is 127. The van der Waals surface area contributed by atoms with Gasteiger partial charge in [0.25, 0.3) is 0 Å². The molecule has 0 unspecified atom stereocenters. The smallest absolute Gasteiger partial charge is 0.203 e. The third-order valence-electron chi connectivity index (χ3n) is 3.55. The minimum Gasteiger partial charge on any atom is -0.493 e. The predicted octanol–water partition coefficient (Wildman–Crippen LogP) is 1.43. The first-order valence-electron chi connectivity index (χ1n) is 7.84. The Balaban J connectivity index is 0.00000625. The highest BCUT2D eigenvalue weighted by Gasteiger charge is 2.13. The van der Waals surface area contributed by atoms with Crippen LogP contribution in [-0.2, 0) is 16.4 Å². The van der Waals surface area contributed by atoms with Crippen molar-refractivity contribution in [2.45, 2.75) is 13.5 Å². The molecule has 0 atom stereocenters. The fraction of sp³-hybridized carbons (Fsp3) is 0.562. The Morgan fingerprint density at radius 1 is 1.08 bits per heavy atom. The Morgan fingerprint density at radius 3 is 2.08 bits per heavy atom. The molecule has 10 heteroatoms. The van der Waals surface area contributed by atoms with E-state index in [1.54, 1.807) is 35.3 Å². The molecule has 0 saturated carbocycles. The lowest BCUT2D eigenvalue weighted by molar-refractivity contribution is 0.323. The molecule has 1 aromatic carbocycles. The van der Waals surface area contributed by atoms with E-state index in [9.17, 15) is 8.42 Å². The molecule has 8 nitrogen and oxygen atoms in total. The zero-order valence-electron chi connectivity index (χ0n) is 15.8. The molecule has 0 heterocycles. The zero-order valence-corrected chi connectivity index (χ0v) is 18.9. The largest absolute Gasteiger partial charge is 0.493 e. The Bertz CT molecular complexity index is 670. The van der Waals surface area contributed by atoms with E-state index in [2.05, 4.69) is 15.6 Å². The van der Waals surface area contributed by atoms with Crippen LogP contribution in [0.5, 0.6) is 17.2 Å². The molecule has 0 radical (unpaired) electrons. The van der Waals surface area contributed by atoms with E-state index in [1.807, 2.05) is 12.1 Å². The molecule has 0 aliphatic rings. The minimum atomic E-state index is -3.01. The van der Waals surface area contributed by atoms with Crippen molar-refractivity contribution in [3.8, 4) is 17.2 Å². The first-order chi connectivity index (χ1) is 11.9. The number of aliphatic imine (C=N–C) groups is 1. The van der Waals surface area contributed by atoms with E-state index < -0.39 is 9.84 Å². The summed E-state index contributed by atoms with van der Waals surface area (Å²) in [4.78, 5) is 4.08. The highest BCUT2D eigenvalue weighted by molar-refractivity contribution is 14.0. The standard InChI is InChI=1S/C16H27N3O5S.HI/c1-6-25(20,21)8-7-18-16(17-2)19-11-12-9-13(22-3)15(24-5)14(10-12)23-4;/h9-10H,6-8,11H2,1-5H3,(H2,17,18,19);1H. The lowest BCUT2D eigenvalue weighted by Crippen LogP contribution is -2.39. The Hall–Kier alpha value is -1.43. The van der Waals surface area contributed by atoms with Gasteiger partial charge < -0.3 is 24.8 Å². The fourth-order valence-corrected chi connectivity index (χ4v) is 2.81. The van der Waals surface area contributed by atoms with Crippen LogP contribution in [0.15, 0.2) is 17.1 Å². The quantitative estimate of drug-likeness (QED) is 0.300. The number of nitrogens with zero attached hydrogens (tertiary/aromatic N) is 1. The molecular formula is C16H28IN3O5S. The average Bonchev–Trinajstić information content (AvgIpc) is 2.63. The van der Waals surface area contributed by atoms with E-state index >= 15 is 0 Å². The Labute approximate surface area is 172 Å². The maximum Gasteiger partial charge on any atom is 0.203 e. The number of hydrogen-bond acceptors (Lipinski definition) is 6. The van der Waals surface area contributed by atoms with Crippen molar-refractivity contribution in [3.05, 3.63) is 17.7 Å². The van der Waals surface area contributed by atoms with E-state index in [0.29, 0.717) is 36.3 Å². The van der Waals surface area contributed by atoms with E-state index in [1.165, 1.54) is 0 Å². The van der Waals surface area contributed by atoms with Crippen LogP contribution in [0.4, 0.5) is 0 Å². The van der Waals surface area contributed by atoms with Crippen molar-refractivity contribution in [2.75, 3.05) is 46.4 Å². The van der Waals surface area contributed by atoms with Gasteiger partial charge in [-0.1, -0.05) is 6.92 Å². The van der Waals surface area contributed by atoms with Gasteiger partial charge in [-0.05, 0) is 17.7 Å². The second kappa shape index (κ2) is 12.0.